The molecule has 7 nitrogen and oxygen atoms in total. The van der Waals surface area contributed by atoms with Gasteiger partial charge in [-0.3, -0.25) is 9.59 Å². The van der Waals surface area contributed by atoms with Crippen molar-refractivity contribution in [3.63, 3.8) is 0 Å². The second kappa shape index (κ2) is 7.72. The number of carbonyl (C=O) groups is 3. The lowest BCUT2D eigenvalue weighted by Crippen LogP contribution is -2.45. The van der Waals surface area contributed by atoms with E-state index in [-0.39, 0.29) is 35.1 Å². The van der Waals surface area contributed by atoms with Gasteiger partial charge in [-0.2, -0.15) is 0 Å². The molecule has 2 heterocycles. The normalized spacial score (nSPS) is 15.5. The van der Waals surface area contributed by atoms with Gasteiger partial charge in [0.25, 0.3) is 5.91 Å². The van der Waals surface area contributed by atoms with E-state index in [9.17, 15) is 14.4 Å². The molecule has 1 aliphatic rings. The number of hydrogen-bond donors (Lipinski definition) is 1. The van der Waals surface area contributed by atoms with Crippen molar-refractivity contribution in [3.8, 4) is 0 Å². The highest BCUT2D eigenvalue weighted by Crippen LogP contribution is 2.23. The van der Waals surface area contributed by atoms with Crippen LogP contribution in [0.1, 0.15) is 60.3 Å². The van der Waals surface area contributed by atoms with Crippen LogP contribution in [0.5, 0.6) is 0 Å². The highest BCUT2D eigenvalue weighted by Gasteiger charge is 2.31. The van der Waals surface area contributed by atoms with Gasteiger partial charge in [-0.15, -0.1) is 0 Å². The summed E-state index contributed by atoms with van der Waals surface area (Å²) >= 11 is 0. The molecule has 1 aliphatic heterocycles. The van der Waals surface area contributed by atoms with Gasteiger partial charge >= 0.3 is 5.97 Å². The smallest absolute Gasteiger partial charge is 0.339 e. The molecule has 1 aromatic heterocycles. The Balaban J connectivity index is 2.02. The third kappa shape index (κ3) is 4.03. The van der Waals surface area contributed by atoms with E-state index in [4.69, 9.17) is 9.52 Å². The molecule has 0 radical (unpaired) electrons. The summed E-state index contributed by atoms with van der Waals surface area (Å²) in [6.07, 6.45) is 1.62. The lowest BCUT2D eigenvalue weighted by atomic mass is 9.95. The van der Waals surface area contributed by atoms with Gasteiger partial charge < -0.3 is 19.3 Å². The highest BCUT2D eigenvalue weighted by atomic mass is 16.4. The molecule has 2 rings (SSSR count). The second-order valence-electron chi connectivity index (χ2n) is 6.72. The van der Waals surface area contributed by atoms with E-state index in [1.54, 1.807) is 23.8 Å². The number of carboxylic acids is 1. The van der Waals surface area contributed by atoms with Gasteiger partial charge in [0.2, 0.25) is 5.91 Å². The van der Waals surface area contributed by atoms with Gasteiger partial charge in [0.15, 0.2) is 5.76 Å². The maximum atomic E-state index is 12.6. The average molecular weight is 350 g/mol. The minimum Gasteiger partial charge on any atom is -0.478 e. The van der Waals surface area contributed by atoms with Crippen LogP contribution in [0.3, 0.4) is 0 Å². The number of rotatable bonds is 5. The molecule has 0 bridgehead atoms. The molecular weight excluding hydrogens is 324 g/mol. The van der Waals surface area contributed by atoms with E-state index < -0.39 is 5.97 Å². The first-order valence-corrected chi connectivity index (χ1v) is 8.68. The van der Waals surface area contributed by atoms with Crippen molar-refractivity contribution >= 4 is 17.8 Å². The van der Waals surface area contributed by atoms with Crippen molar-refractivity contribution in [1.29, 1.82) is 0 Å². The quantitative estimate of drug-likeness (QED) is 0.879. The van der Waals surface area contributed by atoms with Gasteiger partial charge in [-0.05, 0) is 26.7 Å². The zero-order valence-corrected chi connectivity index (χ0v) is 15.2. The topological polar surface area (TPSA) is 91.1 Å². The zero-order valence-electron chi connectivity index (χ0n) is 15.2. The summed E-state index contributed by atoms with van der Waals surface area (Å²) in [6, 6.07) is 1.45. The zero-order chi connectivity index (χ0) is 18.7. The Morgan fingerprint density at radius 2 is 1.92 bits per heavy atom. The molecular formula is C18H26N2O5. The van der Waals surface area contributed by atoms with Gasteiger partial charge in [-0.25, -0.2) is 4.79 Å². The number of nitrogens with zero attached hydrogens (tertiary/aromatic N) is 2. The Labute approximate surface area is 147 Å². The molecule has 25 heavy (non-hydrogen) atoms. The fraction of sp³-hybridized carbons (Fsp3) is 0.611. The Kier molecular flexibility index (Phi) is 5.87. The van der Waals surface area contributed by atoms with Crippen LogP contribution in [0.15, 0.2) is 10.5 Å². The van der Waals surface area contributed by atoms with E-state index in [1.807, 2.05) is 13.8 Å². The van der Waals surface area contributed by atoms with E-state index in [1.165, 1.54) is 6.07 Å². The summed E-state index contributed by atoms with van der Waals surface area (Å²) in [5.74, 6) is -1.01. The molecule has 1 saturated heterocycles. The summed E-state index contributed by atoms with van der Waals surface area (Å²) in [5, 5.41) is 9.17. The number of furan rings is 1. The summed E-state index contributed by atoms with van der Waals surface area (Å²) in [4.78, 5) is 39.5. The fourth-order valence-corrected chi connectivity index (χ4v) is 3.01. The van der Waals surface area contributed by atoms with E-state index in [0.29, 0.717) is 38.1 Å². The van der Waals surface area contributed by atoms with Gasteiger partial charge in [0, 0.05) is 44.6 Å². The van der Waals surface area contributed by atoms with E-state index in [0.717, 1.165) is 0 Å². The number of piperidine rings is 1. The lowest BCUT2D eigenvalue weighted by Gasteiger charge is -2.33. The number of aryl methyl sites for hydroxylation is 1. The fourth-order valence-electron chi connectivity index (χ4n) is 3.01. The molecule has 1 N–H and O–H groups in total. The van der Waals surface area contributed by atoms with Crippen LogP contribution in [0, 0.1) is 5.92 Å². The molecule has 0 unspecified atom stereocenters. The Bertz CT molecular complexity index is 656. The van der Waals surface area contributed by atoms with Crippen LogP contribution >= 0.6 is 0 Å². The van der Waals surface area contributed by atoms with Crippen molar-refractivity contribution in [1.82, 2.24) is 9.80 Å². The van der Waals surface area contributed by atoms with Crippen molar-refractivity contribution in [2.75, 3.05) is 20.1 Å². The maximum absolute atomic E-state index is 12.6. The van der Waals surface area contributed by atoms with Crippen molar-refractivity contribution in [2.45, 2.75) is 46.1 Å². The number of amides is 2. The second-order valence-corrected chi connectivity index (χ2v) is 6.72. The Morgan fingerprint density at radius 1 is 1.32 bits per heavy atom. The predicted octanol–water partition coefficient (Wildman–Crippen LogP) is 2.26. The Morgan fingerprint density at radius 3 is 2.36 bits per heavy atom. The molecule has 1 fully saturated rings. The van der Waals surface area contributed by atoms with Crippen LogP contribution in [-0.2, 0) is 11.2 Å². The van der Waals surface area contributed by atoms with Gasteiger partial charge in [0.05, 0.1) is 0 Å². The summed E-state index contributed by atoms with van der Waals surface area (Å²) in [6.45, 7) is 6.65. The predicted molar refractivity (Wildman–Crippen MR) is 91.6 cm³/mol. The minimum atomic E-state index is -1.10. The first-order chi connectivity index (χ1) is 11.8. The van der Waals surface area contributed by atoms with Crippen LogP contribution < -0.4 is 0 Å². The molecule has 0 atom stereocenters. The van der Waals surface area contributed by atoms with Crippen LogP contribution in [0.25, 0.3) is 0 Å². The van der Waals surface area contributed by atoms with E-state index >= 15 is 0 Å². The van der Waals surface area contributed by atoms with Crippen LogP contribution in [-0.4, -0.2) is 58.9 Å². The third-order valence-electron chi connectivity index (χ3n) is 4.82. The summed E-state index contributed by atoms with van der Waals surface area (Å²) < 4.78 is 5.44. The number of likely N-dealkylation sites (tertiary alicyclic amines) is 1. The number of hydrogen-bond acceptors (Lipinski definition) is 4. The van der Waals surface area contributed by atoms with Gasteiger partial charge in [-0.1, -0.05) is 6.92 Å². The molecule has 0 aliphatic carbocycles. The standard InChI is InChI=1S/C18H26N2O5/c1-5-14-13(18(23)24)10-15(25-14)17(22)20-8-6-12(7-9-20)16(21)19(4)11(2)3/h10-12H,5-9H2,1-4H3,(H,23,24). The number of carboxylic acid groups (broad SMARTS) is 1. The van der Waals surface area contributed by atoms with Crippen LogP contribution in [0.4, 0.5) is 0 Å². The van der Waals surface area contributed by atoms with E-state index in [2.05, 4.69) is 0 Å². The van der Waals surface area contributed by atoms with Crippen molar-refractivity contribution in [2.24, 2.45) is 5.92 Å². The molecule has 138 valence electrons. The molecule has 7 heteroatoms. The number of aromatic carboxylic acids is 1. The largest absolute Gasteiger partial charge is 0.478 e. The van der Waals surface area contributed by atoms with Crippen LogP contribution in [0.2, 0.25) is 0 Å². The molecule has 0 aromatic carbocycles. The monoisotopic (exact) mass is 350 g/mol. The maximum Gasteiger partial charge on any atom is 0.339 e. The lowest BCUT2D eigenvalue weighted by molar-refractivity contribution is -0.137. The first kappa shape index (κ1) is 19.0. The Hall–Kier alpha value is -2.31. The summed E-state index contributed by atoms with van der Waals surface area (Å²) in [7, 11) is 1.80. The average Bonchev–Trinajstić information content (AvgIpc) is 3.04. The number of carbonyl (C=O) groups excluding carboxylic acids is 2. The highest BCUT2D eigenvalue weighted by molar-refractivity contribution is 5.96. The molecule has 2 amide bonds. The van der Waals surface area contributed by atoms with Crippen molar-refractivity contribution in [3.05, 3.63) is 23.2 Å². The molecule has 0 spiro atoms. The molecule has 1 aromatic rings. The summed E-state index contributed by atoms with van der Waals surface area (Å²) in [5.41, 5.74) is 0.0365. The van der Waals surface area contributed by atoms with Crippen molar-refractivity contribution < 1.29 is 23.9 Å². The SMILES string of the molecule is CCc1oc(C(=O)N2CCC(C(=O)N(C)C(C)C)CC2)cc1C(=O)O. The van der Waals surface area contributed by atoms with Gasteiger partial charge in [0.1, 0.15) is 11.3 Å². The first-order valence-electron chi connectivity index (χ1n) is 8.68. The third-order valence-corrected chi connectivity index (χ3v) is 4.82. The minimum absolute atomic E-state index is 0.0365. The molecule has 0 saturated carbocycles.